The van der Waals surface area contributed by atoms with Crippen molar-refractivity contribution < 1.29 is 0 Å². The van der Waals surface area contributed by atoms with Crippen molar-refractivity contribution in [1.29, 1.82) is 0 Å². The van der Waals surface area contributed by atoms with E-state index in [1.165, 1.54) is 17.0 Å². The standard InChI is InChI=1S/C22H22BrCl2N7O/c1-31-7-5-13(6-8-31)27-10-14(9-26)29-22-28-11-15-19(30-22)16(23)12-32(21(15)33)20-17(24)3-2-4-18(20)25/h2-4,9-13H,5-8,26H2,1H3,(H,28,29,30)/b14-9+,27-10?. The third-order valence-electron chi connectivity index (χ3n) is 5.43. The van der Waals surface area contributed by atoms with Crippen LogP contribution in [0.2, 0.25) is 10.0 Å². The molecule has 0 saturated carbocycles. The maximum absolute atomic E-state index is 13.1. The molecule has 0 amide bonds. The summed E-state index contributed by atoms with van der Waals surface area (Å²) in [6.45, 7) is 2.05. The van der Waals surface area contributed by atoms with Gasteiger partial charge in [0.2, 0.25) is 5.95 Å². The topological polar surface area (TPSA) is 101 Å². The van der Waals surface area contributed by atoms with E-state index < -0.39 is 0 Å². The van der Waals surface area contributed by atoms with E-state index in [2.05, 4.69) is 48.2 Å². The molecule has 3 N–H and O–H groups in total. The lowest BCUT2D eigenvalue weighted by Crippen LogP contribution is -2.32. The van der Waals surface area contributed by atoms with Crippen molar-refractivity contribution in [3.05, 3.63) is 67.4 Å². The summed E-state index contributed by atoms with van der Waals surface area (Å²) in [5.74, 6) is 0.294. The van der Waals surface area contributed by atoms with E-state index in [-0.39, 0.29) is 11.6 Å². The number of allylic oxidation sites excluding steroid dienone is 1. The number of nitrogens with two attached hydrogens (primary N) is 1. The summed E-state index contributed by atoms with van der Waals surface area (Å²) in [5, 5.41) is 4.09. The molecule has 33 heavy (non-hydrogen) atoms. The number of nitrogens with zero attached hydrogens (tertiary/aromatic N) is 5. The van der Waals surface area contributed by atoms with Crippen molar-refractivity contribution in [1.82, 2.24) is 19.4 Å². The van der Waals surface area contributed by atoms with Gasteiger partial charge in [-0.3, -0.25) is 14.4 Å². The van der Waals surface area contributed by atoms with Crippen LogP contribution in [-0.2, 0) is 0 Å². The number of benzene rings is 1. The Balaban J connectivity index is 1.62. The molecule has 3 aromatic rings. The second-order valence-corrected chi connectivity index (χ2v) is 9.41. The Bertz CT molecular complexity index is 1280. The van der Waals surface area contributed by atoms with Crippen LogP contribution >= 0.6 is 39.1 Å². The van der Waals surface area contributed by atoms with E-state index >= 15 is 0 Å². The number of hydrogen-bond acceptors (Lipinski definition) is 7. The number of halogens is 3. The number of anilines is 1. The summed E-state index contributed by atoms with van der Waals surface area (Å²) in [7, 11) is 2.11. The molecule has 0 spiro atoms. The van der Waals surface area contributed by atoms with E-state index in [1.54, 1.807) is 30.6 Å². The first-order valence-corrected chi connectivity index (χ1v) is 11.8. The molecular weight excluding hydrogens is 529 g/mol. The highest BCUT2D eigenvalue weighted by Gasteiger charge is 2.17. The fraction of sp³-hybridized carbons (Fsp3) is 0.273. The molecule has 3 heterocycles. The van der Waals surface area contributed by atoms with Gasteiger partial charge in [0.25, 0.3) is 5.56 Å². The lowest BCUT2D eigenvalue weighted by atomic mass is 10.1. The minimum absolute atomic E-state index is 0.264. The van der Waals surface area contributed by atoms with E-state index in [4.69, 9.17) is 28.9 Å². The minimum atomic E-state index is -0.340. The van der Waals surface area contributed by atoms with Crippen LogP contribution in [0.1, 0.15) is 12.8 Å². The Morgan fingerprint density at radius 1 is 1.30 bits per heavy atom. The van der Waals surface area contributed by atoms with Crippen LogP contribution in [0, 0.1) is 0 Å². The Morgan fingerprint density at radius 3 is 2.67 bits per heavy atom. The molecule has 1 saturated heterocycles. The van der Waals surface area contributed by atoms with Crippen molar-refractivity contribution in [2.45, 2.75) is 18.9 Å². The number of piperidine rings is 1. The number of fused-ring (bicyclic) bond motifs is 1. The average molecular weight is 551 g/mol. The lowest BCUT2D eigenvalue weighted by molar-refractivity contribution is 0.257. The van der Waals surface area contributed by atoms with Gasteiger partial charge in [-0.15, -0.1) is 0 Å². The molecule has 0 unspecified atom stereocenters. The molecule has 1 aliphatic rings. The van der Waals surface area contributed by atoms with E-state index in [9.17, 15) is 4.79 Å². The summed E-state index contributed by atoms with van der Waals surface area (Å²) in [4.78, 5) is 28.9. The van der Waals surface area contributed by atoms with Crippen LogP contribution in [0.25, 0.3) is 16.6 Å². The van der Waals surface area contributed by atoms with E-state index in [0.29, 0.717) is 42.8 Å². The van der Waals surface area contributed by atoms with Crippen molar-refractivity contribution in [3.63, 3.8) is 0 Å². The summed E-state index contributed by atoms with van der Waals surface area (Å²) in [6, 6.07) is 5.32. The maximum atomic E-state index is 13.1. The van der Waals surface area contributed by atoms with Crippen molar-refractivity contribution in [2.75, 3.05) is 25.5 Å². The summed E-state index contributed by atoms with van der Waals surface area (Å²) < 4.78 is 1.96. The Morgan fingerprint density at radius 2 is 2.00 bits per heavy atom. The first-order valence-electron chi connectivity index (χ1n) is 10.3. The first kappa shape index (κ1) is 23.7. The highest BCUT2D eigenvalue weighted by Crippen LogP contribution is 2.29. The number of hydrogen-bond donors (Lipinski definition) is 2. The maximum Gasteiger partial charge on any atom is 0.266 e. The molecule has 0 aliphatic carbocycles. The lowest BCUT2D eigenvalue weighted by Gasteiger charge is -2.26. The molecule has 0 radical (unpaired) electrons. The summed E-state index contributed by atoms with van der Waals surface area (Å²) >= 11 is 16.1. The van der Waals surface area contributed by atoms with Gasteiger partial charge in [0, 0.05) is 24.8 Å². The molecule has 1 aromatic carbocycles. The highest BCUT2D eigenvalue weighted by atomic mass is 79.9. The quantitative estimate of drug-likeness (QED) is 0.461. The predicted molar refractivity (Wildman–Crippen MR) is 138 cm³/mol. The molecular formula is C22H22BrCl2N7O. The number of likely N-dealkylation sites (tertiary alicyclic amines) is 1. The van der Waals surface area contributed by atoms with Gasteiger partial charge in [0.1, 0.15) is 0 Å². The Hall–Kier alpha value is -2.46. The third kappa shape index (κ3) is 5.22. The fourth-order valence-corrected chi connectivity index (χ4v) is 4.69. The minimum Gasteiger partial charge on any atom is -0.403 e. The van der Waals surface area contributed by atoms with Gasteiger partial charge in [-0.1, -0.05) is 29.3 Å². The largest absolute Gasteiger partial charge is 0.403 e. The Labute approximate surface area is 209 Å². The number of rotatable bonds is 5. The molecule has 0 atom stereocenters. The summed E-state index contributed by atoms with van der Waals surface area (Å²) in [5.41, 5.74) is 6.84. The van der Waals surface area contributed by atoms with Gasteiger partial charge in [-0.25, -0.2) is 9.97 Å². The normalized spacial score (nSPS) is 16.1. The second kappa shape index (κ2) is 10.2. The predicted octanol–water partition coefficient (Wildman–Crippen LogP) is 4.23. The van der Waals surface area contributed by atoms with Crippen LogP contribution in [0.4, 0.5) is 5.95 Å². The zero-order chi connectivity index (χ0) is 23.5. The molecule has 1 aliphatic heterocycles. The van der Waals surface area contributed by atoms with Gasteiger partial charge >= 0.3 is 0 Å². The average Bonchev–Trinajstić information content (AvgIpc) is 2.80. The van der Waals surface area contributed by atoms with Crippen molar-refractivity contribution in [2.24, 2.45) is 10.7 Å². The number of para-hydroxylation sites is 1. The molecule has 8 nitrogen and oxygen atoms in total. The monoisotopic (exact) mass is 549 g/mol. The van der Waals surface area contributed by atoms with Crippen LogP contribution in [0.5, 0.6) is 0 Å². The van der Waals surface area contributed by atoms with Crippen LogP contribution in [-0.4, -0.2) is 51.8 Å². The molecule has 0 bridgehead atoms. The molecule has 2 aromatic heterocycles. The smallest absolute Gasteiger partial charge is 0.266 e. The summed E-state index contributed by atoms with van der Waals surface area (Å²) in [6.07, 6.45) is 8.18. The SMILES string of the molecule is CN1CCC(N=C/C(=C\N)Nc2ncc3c(=O)n(-c4c(Cl)cccc4Cl)cc(Br)c3n2)CC1. The molecule has 4 rings (SSSR count). The molecule has 11 heteroatoms. The van der Waals surface area contributed by atoms with Gasteiger partial charge in [0.15, 0.2) is 0 Å². The zero-order valence-corrected chi connectivity index (χ0v) is 20.9. The highest BCUT2D eigenvalue weighted by molar-refractivity contribution is 9.10. The number of aromatic nitrogens is 3. The number of aliphatic imine (C=N–C) groups is 1. The molecule has 172 valence electrons. The fourth-order valence-electron chi connectivity index (χ4n) is 3.60. The number of nitrogens with one attached hydrogen (secondary N) is 1. The first-order chi connectivity index (χ1) is 15.9. The van der Waals surface area contributed by atoms with Gasteiger partial charge in [0.05, 0.1) is 42.8 Å². The van der Waals surface area contributed by atoms with E-state index in [0.717, 1.165) is 25.9 Å². The van der Waals surface area contributed by atoms with Crippen LogP contribution in [0.3, 0.4) is 0 Å². The third-order valence-corrected chi connectivity index (χ3v) is 6.62. The van der Waals surface area contributed by atoms with Crippen LogP contribution in [0.15, 0.2) is 56.7 Å². The molecule has 1 fully saturated rings. The van der Waals surface area contributed by atoms with Crippen molar-refractivity contribution in [3.8, 4) is 5.69 Å². The van der Waals surface area contributed by atoms with Gasteiger partial charge in [-0.2, -0.15) is 0 Å². The van der Waals surface area contributed by atoms with Crippen LogP contribution < -0.4 is 16.6 Å². The van der Waals surface area contributed by atoms with Gasteiger partial charge < -0.3 is 16.0 Å². The van der Waals surface area contributed by atoms with E-state index in [1.807, 2.05) is 0 Å². The van der Waals surface area contributed by atoms with Gasteiger partial charge in [-0.05, 0) is 61.0 Å². The van der Waals surface area contributed by atoms with Crippen molar-refractivity contribution >= 4 is 62.2 Å². The zero-order valence-electron chi connectivity index (χ0n) is 17.8. The number of pyridine rings is 1. The second-order valence-electron chi connectivity index (χ2n) is 7.74. The Kier molecular flexibility index (Phi) is 7.33.